The van der Waals surface area contributed by atoms with E-state index in [-0.39, 0.29) is 5.41 Å². The van der Waals surface area contributed by atoms with Gasteiger partial charge in [-0.25, -0.2) is 0 Å². The Morgan fingerprint density at radius 3 is 1.58 bits per heavy atom. The molecule has 0 radical (unpaired) electrons. The maximum Gasteiger partial charge on any atom is 0.0726 e. The van der Waals surface area contributed by atoms with Crippen LogP contribution >= 0.6 is 0 Å². The van der Waals surface area contributed by atoms with Crippen molar-refractivity contribution < 1.29 is 0 Å². The Morgan fingerprint density at radius 2 is 0.844 bits per heavy atom. The van der Waals surface area contributed by atoms with Crippen LogP contribution in [0.5, 0.6) is 0 Å². The van der Waals surface area contributed by atoms with Crippen LogP contribution in [0.15, 0.2) is 218 Å². The Bertz CT molecular complexity index is 3720. The molecule has 0 aliphatic heterocycles. The largest absolute Gasteiger partial charge is 0.310 e. The topological polar surface area (TPSA) is 8.17 Å². The Hall–Kier alpha value is -7.94. The van der Waals surface area contributed by atoms with Crippen molar-refractivity contribution in [2.45, 2.75) is 24.7 Å². The van der Waals surface area contributed by atoms with Gasteiger partial charge >= 0.3 is 0 Å². The highest BCUT2D eigenvalue weighted by Gasteiger charge is 2.50. The minimum atomic E-state index is -0.524. The first-order valence-corrected chi connectivity index (χ1v) is 22.5. The number of hydrogen-bond acceptors (Lipinski definition) is 1. The highest BCUT2D eigenvalue weighted by molar-refractivity contribution is 6.11. The number of anilines is 3. The van der Waals surface area contributed by atoms with Crippen molar-refractivity contribution in [1.29, 1.82) is 0 Å². The summed E-state index contributed by atoms with van der Waals surface area (Å²) in [5.74, 6) is 0. The fourth-order valence-corrected chi connectivity index (χ4v) is 12.3. The van der Waals surface area contributed by atoms with Gasteiger partial charge in [-0.1, -0.05) is 178 Å². The number of para-hydroxylation sites is 2. The molecule has 64 heavy (non-hydrogen) atoms. The number of aromatic nitrogens is 1. The smallest absolute Gasteiger partial charge is 0.0726 e. The summed E-state index contributed by atoms with van der Waals surface area (Å²) in [7, 11) is 0. The molecule has 0 saturated carbocycles. The first-order valence-electron chi connectivity index (χ1n) is 22.5. The molecule has 0 unspecified atom stereocenters. The normalized spacial score (nSPS) is 14.3. The molecule has 0 N–H and O–H groups in total. The SMILES string of the molecule is CC1(C)c2ccccc2-c2ccc(N(c3ccc4c(c3)C3(c5ccccc5-c5ccccc53)c3cccc5cccc-4c35)c3ccc4c5ccccc5n(-c5ccccc5)c4c3)cc21. The quantitative estimate of drug-likeness (QED) is 0.172. The molecule has 0 amide bonds. The maximum absolute atomic E-state index is 2.53. The van der Waals surface area contributed by atoms with E-state index in [2.05, 4.69) is 242 Å². The van der Waals surface area contributed by atoms with Gasteiger partial charge in [-0.3, -0.25) is 0 Å². The van der Waals surface area contributed by atoms with Crippen LogP contribution in [-0.4, -0.2) is 4.57 Å². The molecular formula is C62H42N2. The molecule has 1 aromatic heterocycles. The summed E-state index contributed by atoms with van der Waals surface area (Å²) < 4.78 is 2.43. The lowest BCUT2D eigenvalue weighted by Gasteiger charge is -2.41. The van der Waals surface area contributed by atoms with Crippen molar-refractivity contribution >= 4 is 49.6 Å². The van der Waals surface area contributed by atoms with Gasteiger partial charge in [0.25, 0.3) is 0 Å². The van der Waals surface area contributed by atoms with Crippen LogP contribution in [0.3, 0.4) is 0 Å². The van der Waals surface area contributed by atoms with Crippen molar-refractivity contribution in [2.75, 3.05) is 4.90 Å². The van der Waals surface area contributed by atoms with Crippen LogP contribution < -0.4 is 4.90 Å². The zero-order chi connectivity index (χ0) is 42.3. The number of nitrogens with zero attached hydrogens (tertiary/aromatic N) is 2. The third kappa shape index (κ3) is 4.54. The molecule has 3 aliphatic rings. The molecular weight excluding hydrogens is 773 g/mol. The molecule has 0 saturated heterocycles. The van der Waals surface area contributed by atoms with Crippen LogP contribution in [0.1, 0.15) is 47.2 Å². The highest BCUT2D eigenvalue weighted by atomic mass is 15.1. The minimum Gasteiger partial charge on any atom is -0.310 e. The van der Waals surface area contributed by atoms with Gasteiger partial charge in [-0.2, -0.15) is 0 Å². The Balaban J connectivity index is 1.08. The average Bonchev–Trinajstić information content (AvgIpc) is 3.92. The summed E-state index contributed by atoms with van der Waals surface area (Å²) in [4.78, 5) is 2.52. The van der Waals surface area contributed by atoms with Crippen LogP contribution in [0.2, 0.25) is 0 Å². The van der Waals surface area contributed by atoms with E-state index >= 15 is 0 Å². The molecule has 11 aromatic rings. The second-order valence-electron chi connectivity index (χ2n) is 18.4. The first-order chi connectivity index (χ1) is 31.5. The summed E-state index contributed by atoms with van der Waals surface area (Å²) in [6, 6.07) is 82.2. The molecule has 1 spiro atoms. The summed E-state index contributed by atoms with van der Waals surface area (Å²) >= 11 is 0. The molecule has 300 valence electrons. The zero-order valence-electron chi connectivity index (χ0n) is 35.7. The second-order valence-corrected chi connectivity index (χ2v) is 18.4. The molecule has 2 nitrogen and oxygen atoms in total. The Morgan fingerprint density at radius 1 is 0.344 bits per heavy atom. The fraction of sp³-hybridized carbons (Fsp3) is 0.0645. The van der Waals surface area contributed by atoms with Gasteiger partial charge in [0.05, 0.1) is 16.4 Å². The molecule has 14 rings (SSSR count). The Labute approximate surface area is 372 Å². The van der Waals surface area contributed by atoms with E-state index in [4.69, 9.17) is 0 Å². The maximum atomic E-state index is 2.53. The zero-order valence-corrected chi connectivity index (χ0v) is 35.7. The number of benzene rings is 10. The molecule has 1 heterocycles. The van der Waals surface area contributed by atoms with Gasteiger partial charge in [0.2, 0.25) is 0 Å². The van der Waals surface area contributed by atoms with Crippen LogP contribution in [0.25, 0.3) is 71.6 Å². The summed E-state index contributed by atoms with van der Waals surface area (Å²) in [6.45, 7) is 4.76. The van der Waals surface area contributed by atoms with Gasteiger partial charge < -0.3 is 9.47 Å². The lowest BCUT2D eigenvalue weighted by molar-refractivity contribution is 0.660. The Kier molecular flexibility index (Phi) is 7.13. The van der Waals surface area contributed by atoms with Gasteiger partial charge in [0.1, 0.15) is 0 Å². The summed E-state index contributed by atoms with van der Waals surface area (Å²) in [6.07, 6.45) is 0. The predicted octanol–water partition coefficient (Wildman–Crippen LogP) is 16.1. The van der Waals surface area contributed by atoms with E-state index < -0.39 is 5.41 Å². The molecule has 2 heteroatoms. The van der Waals surface area contributed by atoms with Crippen molar-refractivity contribution in [3.8, 4) is 39.1 Å². The molecule has 3 aliphatic carbocycles. The molecule has 10 aromatic carbocycles. The van der Waals surface area contributed by atoms with E-state index in [1.54, 1.807) is 0 Å². The van der Waals surface area contributed by atoms with E-state index in [0.717, 1.165) is 22.7 Å². The van der Waals surface area contributed by atoms with Crippen LogP contribution in [-0.2, 0) is 10.8 Å². The van der Waals surface area contributed by atoms with Crippen molar-refractivity contribution in [2.24, 2.45) is 0 Å². The number of rotatable bonds is 4. The lowest BCUT2D eigenvalue weighted by Crippen LogP contribution is -2.32. The fourth-order valence-electron chi connectivity index (χ4n) is 12.3. The van der Waals surface area contributed by atoms with Crippen LogP contribution in [0.4, 0.5) is 17.1 Å². The lowest BCUT2D eigenvalue weighted by atomic mass is 9.61. The van der Waals surface area contributed by atoms with Crippen molar-refractivity contribution in [1.82, 2.24) is 4.57 Å². The van der Waals surface area contributed by atoms with E-state index in [0.29, 0.717) is 0 Å². The highest BCUT2D eigenvalue weighted by Crippen LogP contribution is 2.62. The van der Waals surface area contributed by atoms with Crippen molar-refractivity contribution in [3.63, 3.8) is 0 Å². The van der Waals surface area contributed by atoms with E-state index in [9.17, 15) is 0 Å². The van der Waals surface area contributed by atoms with Gasteiger partial charge in [-0.05, 0) is 132 Å². The summed E-state index contributed by atoms with van der Waals surface area (Å²) in [5.41, 5.74) is 22.1. The summed E-state index contributed by atoms with van der Waals surface area (Å²) in [5, 5.41) is 5.10. The second kappa shape index (κ2) is 12.8. The van der Waals surface area contributed by atoms with E-state index in [1.165, 1.54) is 99.3 Å². The molecule has 0 bridgehead atoms. The molecule has 0 fully saturated rings. The minimum absolute atomic E-state index is 0.156. The van der Waals surface area contributed by atoms with E-state index in [1.807, 2.05) is 0 Å². The first kappa shape index (κ1) is 35.6. The monoisotopic (exact) mass is 814 g/mol. The van der Waals surface area contributed by atoms with Gasteiger partial charge in [0, 0.05) is 38.9 Å². The third-order valence-corrected chi connectivity index (χ3v) is 15.0. The average molecular weight is 815 g/mol. The van der Waals surface area contributed by atoms with Crippen LogP contribution in [0, 0.1) is 0 Å². The van der Waals surface area contributed by atoms with Crippen molar-refractivity contribution in [3.05, 3.63) is 252 Å². The standard InChI is InChI=1S/C62H42N2/c1-61(2)52-25-10-6-20-44(52)47-33-30-41(36-56(47)61)63(43-32-35-50-49-23-9-13-29-58(49)64(59(50)38-43)40-18-4-3-5-19-40)42-31-34-48-51-24-14-16-39-17-15-28-55(60(39)51)62(57(48)37-42)53-26-11-7-21-45(53)46-22-8-12-27-54(46)62/h3-38H,1-2H3. The van der Waals surface area contributed by atoms with Gasteiger partial charge in [0.15, 0.2) is 0 Å². The number of hydrogen-bond donors (Lipinski definition) is 0. The third-order valence-electron chi connectivity index (χ3n) is 15.0. The van der Waals surface area contributed by atoms with Gasteiger partial charge in [-0.15, -0.1) is 0 Å². The number of fused-ring (bicyclic) bond motifs is 15. The predicted molar refractivity (Wildman–Crippen MR) is 267 cm³/mol. The molecule has 0 atom stereocenters.